The monoisotopic (exact) mass is 754 g/mol. The molecule has 0 saturated carbocycles. The zero-order valence-corrected chi connectivity index (χ0v) is 35.9. The minimum Gasteiger partial charge on any atom is -0.756 e. The predicted molar refractivity (Wildman–Crippen MR) is 219 cm³/mol. The van der Waals surface area contributed by atoms with Gasteiger partial charge in [-0.1, -0.05) is 129 Å². The Kier molecular flexibility index (Phi) is 37.7. The van der Waals surface area contributed by atoms with Gasteiger partial charge < -0.3 is 27.9 Å². The topological polar surface area (TPSA) is 77.1 Å². The van der Waals surface area contributed by atoms with Crippen molar-refractivity contribution in [1.82, 2.24) is 0 Å². The number of phosphoric acid groups is 1. The van der Waals surface area contributed by atoms with Crippen LogP contribution in [0.4, 0.5) is 0 Å². The standard InChI is InChI=1S/C44H84NO6P/c1-6-8-10-12-14-16-18-20-22-24-26-28-30-32-34-36-39-48-42-44(43-51-52(46,47)50-41-38-45(3,4)5)49-40-37-35-33-31-29-27-25-23-21-19-17-15-13-11-9-7-2/h44H,6-19,24-43H2,1-5H3/t44-/m1/s1. The normalized spacial score (nSPS) is 13.3. The highest BCUT2D eigenvalue weighted by Crippen LogP contribution is 2.38. The number of rotatable bonds is 38. The number of hydrogen-bond acceptors (Lipinski definition) is 6. The Labute approximate surface area is 323 Å². The van der Waals surface area contributed by atoms with Crippen molar-refractivity contribution in [3.8, 4) is 23.7 Å². The molecule has 2 atom stereocenters. The van der Waals surface area contributed by atoms with Gasteiger partial charge in [0.05, 0.1) is 34.4 Å². The van der Waals surface area contributed by atoms with Crippen molar-refractivity contribution in [2.75, 3.05) is 60.7 Å². The van der Waals surface area contributed by atoms with Crippen LogP contribution in [0.1, 0.15) is 194 Å². The second-order valence-electron chi connectivity index (χ2n) is 15.6. The summed E-state index contributed by atoms with van der Waals surface area (Å²) in [5.41, 5.74) is 0. The molecule has 8 heteroatoms. The van der Waals surface area contributed by atoms with Crippen molar-refractivity contribution in [3.05, 3.63) is 0 Å². The van der Waals surface area contributed by atoms with E-state index >= 15 is 0 Å². The SMILES string of the molecule is CCCCCCCCC#CCCCCCCCCOC[C@H](COP(=O)([O-])OCC[N+](C)(C)C)OCCCCCCCCC#CCCCCCCCC. The number of likely N-dealkylation sites (N-methyl/N-ethyl adjacent to an activating group) is 1. The Morgan fingerprint density at radius 3 is 1.31 bits per heavy atom. The van der Waals surface area contributed by atoms with E-state index in [2.05, 4.69) is 37.5 Å². The van der Waals surface area contributed by atoms with Crippen LogP contribution in [0.5, 0.6) is 0 Å². The number of hydrogen-bond donors (Lipinski definition) is 0. The number of ether oxygens (including phenoxy) is 2. The van der Waals surface area contributed by atoms with E-state index in [1.54, 1.807) is 0 Å². The zero-order chi connectivity index (χ0) is 38.3. The second kappa shape index (κ2) is 38.4. The van der Waals surface area contributed by atoms with Crippen molar-refractivity contribution >= 4 is 7.82 Å². The summed E-state index contributed by atoms with van der Waals surface area (Å²) < 4.78 is 35.3. The molecule has 0 fully saturated rings. The smallest absolute Gasteiger partial charge is 0.268 e. The van der Waals surface area contributed by atoms with E-state index in [0.717, 1.165) is 51.4 Å². The molecule has 7 nitrogen and oxygen atoms in total. The summed E-state index contributed by atoms with van der Waals surface area (Å²) in [5.74, 6) is 13.4. The summed E-state index contributed by atoms with van der Waals surface area (Å²) in [7, 11) is 1.57. The fraction of sp³-hybridized carbons (Fsp3) is 0.909. The van der Waals surface area contributed by atoms with Crippen molar-refractivity contribution in [2.24, 2.45) is 0 Å². The average molecular weight is 754 g/mol. The molecule has 306 valence electrons. The van der Waals surface area contributed by atoms with Gasteiger partial charge in [-0.3, -0.25) is 4.57 Å². The van der Waals surface area contributed by atoms with E-state index in [4.69, 9.17) is 18.5 Å². The third kappa shape index (κ3) is 41.9. The van der Waals surface area contributed by atoms with Crippen LogP contribution >= 0.6 is 7.82 Å². The Morgan fingerprint density at radius 1 is 0.500 bits per heavy atom. The molecule has 1 unspecified atom stereocenters. The first-order chi connectivity index (χ1) is 25.2. The van der Waals surface area contributed by atoms with Gasteiger partial charge in [-0.05, 0) is 38.5 Å². The average Bonchev–Trinajstić information content (AvgIpc) is 3.10. The van der Waals surface area contributed by atoms with Crippen LogP contribution in [0.25, 0.3) is 0 Å². The molecule has 0 heterocycles. The maximum Gasteiger partial charge on any atom is 0.268 e. The van der Waals surface area contributed by atoms with Crippen LogP contribution in [-0.2, 0) is 23.1 Å². The highest BCUT2D eigenvalue weighted by atomic mass is 31.2. The summed E-state index contributed by atoms with van der Waals surface area (Å²) in [4.78, 5) is 12.4. The number of phosphoric ester groups is 1. The first-order valence-electron chi connectivity index (χ1n) is 21.7. The van der Waals surface area contributed by atoms with Gasteiger partial charge in [0.15, 0.2) is 0 Å². The summed E-state index contributed by atoms with van der Waals surface area (Å²) in [6.07, 6.45) is 33.4. The molecule has 0 spiro atoms. The van der Waals surface area contributed by atoms with Crippen LogP contribution in [0.15, 0.2) is 0 Å². The van der Waals surface area contributed by atoms with E-state index in [-0.39, 0.29) is 13.2 Å². The Morgan fingerprint density at radius 2 is 0.885 bits per heavy atom. The van der Waals surface area contributed by atoms with Gasteiger partial charge in [0, 0.05) is 38.9 Å². The molecule has 0 amide bonds. The maximum absolute atomic E-state index is 12.4. The molecule has 0 aliphatic heterocycles. The van der Waals surface area contributed by atoms with E-state index < -0.39 is 13.9 Å². The lowest BCUT2D eigenvalue weighted by Crippen LogP contribution is -2.37. The molecule has 0 radical (unpaired) electrons. The zero-order valence-electron chi connectivity index (χ0n) is 35.0. The first kappa shape index (κ1) is 51.1. The van der Waals surface area contributed by atoms with Crippen LogP contribution in [-0.4, -0.2) is 71.3 Å². The van der Waals surface area contributed by atoms with Crippen molar-refractivity contribution in [3.63, 3.8) is 0 Å². The molecule has 0 bridgehead atoms. The van der Waals surface area contributed by atoms with E-state index in [1.165, 1.54) is 128 Å². The molecule has 0 aromatic rings. The maximum atomic E-state index is 12.4. The van der Waals surface area contributed by atoms with Gasteiger partial charge in [0.2, 0.25) is 0 Å². The largest absolute Gasteiger partial charge is 0.756 e. The van der Waals surface area contributed by atoms with Gasteiger partial charge in [-0.2, -0.15) is 0 Å². The van der Waals surface area contributed by atoms with Crippen molar-refractivity contribution < 1.29 is 32.5 Å². The minimum atomic E-state index is -4.40. The summed E-state index contributed by atoms with van der Waals surface area (Å²) in [5, 5.41) is 0. The Hall–Kier alpha value is -0.890. The molecular weight excluding hydrogens is 669 g/mol. The van der Waals surface area contributed by atoms with Gasteiger partial charge in [-0.15, -0.1) is 23.7 Å². The summed E-state index contributed by atoms with van der Waals surface area (Å²) >= 11 is 0. The molecule has 52 heavy (non-hydrogen) atoms. The number of nitrogens with zero attached hydrogens (tertiary/aromatic N) is 1. The second-order valence-corrected chi connectivity index (χ2v) is 17.1. The molecule has 0 saturated heterocycles. The third-order valence-corrected chi connectivity index (χ3v) is 10.1. The van der Waals surface area contributed by atoms with Crippen molar-refractivity contribution in [1.29, 1.82) is 0 Å². The number of quaternary nitrogens is 1. The molecule has 0 aromatic heterocycles. The minimum absolute atomic E-state index is 0.0880. The molecule has 0 N–H and O–H groups in total. The lowest BCUT2D eigenvalue weighted by molar-refractivity contribution is -0.870. The summed E-state index contributed by atoms with van der Waals surface area (Å²) in [6.45, 7) is 6.61. The highest BCUT2D eigenvalue weighted by Gasteiger charge is 2.18. The van der Waals surface area contributed by atoms with E-state index in [0.29, 0.717) is 30.8 Å². The van der Waals surface area contributed by atoms with Gasteiger partial charge in [0.1, 0.15) is 19.3 Å². The molecule has 0 aromatic carbocycles. The lowest BCUT2D eigenvalue weighted by Gasteiger charge is -2.28. The quantitative estimate of drug-likeness (QED) is 0.0270. The van der Waals surface area contributed by atoms with E-state index in [9.17, 15) is 9.46 Å². The van der Waals surface area contributed by atoms with E-state index in [1.807, 2.05) is 21.1 Å². The number of unbranched alkanes of at least 4 members (excludes halogenated alkanes) is 24. The first-order valence-corrected chi connectivity index (χ1v) is 23.2. The molecule has 0 aliphatic rings. The van der Waals surface area contributed by atoms with Crippen molar-refractivity contribution in [2.45, 2.75) is 200 Å². The van der Waals surface area contributed by atoms with Crippen LogP contribution < -0.4 is 4.89 Å². The van der Waals surface area contributed by atoms with Gasteiger partial charge >= 0.3 is 0 Å². The highest BCUT2D eigenvalue weighted by molar-refractivity contribution is 7.45. The van der Waals surface area contributed by atoms with Crippen LogP contribution in [0.2, 0.25) is 0 Å². The van der Waals surface area contributed by atoms with Crippen LogP contribution in [0.3, 0.4) is 0 Å². The lowest BCUT2D eigenvalue weighted by atomic mass is 10.1. The third-order valence-electron chi connectivity index (χ3n) is 9.18. The summed E-state index contributed by atoms with van der Waals surface area (Å²) in [6, 6.07) is 0. The predicted octanol–water partition coefficient (Wildman–Crippen LogP) is 11.6. The fourth-order valence-electron chi connectivity index (χ4n) is 5.74. The fourth-order valence-corrected chi connectivity index (χ4v) is 6.46. The van der Waals surface area contributed by atoms with Gasteiger partial charge in [-0.25, -0.2) is 0 Å². The molecular formula is C44H84NO6P. The van der Waals surface area contributed by atoms with Gasteiger partial charge in [0.25, 0.3) is 7.82 Å². The molecule has 0 aliphatic carbocycles. The van der Waals surface area contributed by atoms with Crippen LogP contribution in [0, 0.1) is 23.7 Å². The Balaban J connectivity index is 4.14. The Bertz CT molecular complexity index is 931. The molecule has 0 rings (SSSR count).